The Hall–Kier alpha value is -3.43. The van der Waals surface area contributed by atoms with E-state index in [2.05, 4.69) is 25.9 Å². The molecule has 0 atom stereocenters. The lowest BCUT2D eigenvalue weighted by Crippen LogP contribution is -2.20. The van der Waals surface area contributed by atoms with Gasteiger partial charge < -0.3 is 10.6 Å². The Morgan fingerprint density at radius 2 is 1.69 bits per heavy atom. The minimum absolute atomic E-state index is 0.233. The van der Waals surface area contributed by atoms with Gasteiger partial charge in [-0.2, -0.15) is 15.3 Å². The molecule has 3 heterocycles. The molecule has 0 spiro atoms. The second-order valence-corrected chi connectivity index (χ2v) is 5.76. The summed E-state index contributed by atoms with van der Waals surface area (Å²) < 4.78 is 4.71. The maximum atomic E-state index is 12.7. The summed E-state index contributed by atoms with van der Waals surface area (Å²) >= 11 is 0. The monoisotopic (exact) mass is 356 g/mol. The Bertz CT molecular complexity index is 965. The summed E-state index contributed by atoms with van der Waals surface area (Å²) in [6.07, 6.45) is 4.72. The van der Waals surface area contributed by atoms with Gasteiger partial charge in [0.15, 0.2) is 5.69 Å². The van der Waals surface area contributed by atoms with Gasteiger partial charge in [0.25, 0.3) is 11.8 Å². The number of hydrogen-bond donors (Lipinski definition) is 2. The second kappa shape index (κ2) is 6.82. The third kappa shape index (κ3) is 3.21. The third-order valence-electron chi connectivity index (χ3n) is 4.08. The lowest BCUT2D eigenvalue weighted by molar-refractivity contribution is 0.101. The molecule has 3 aromatic rings. The standard InChI is InChI=1S/C16H20N8O2/c1-5-24-7-6-11(21-24)15(25)20-13-9-18-23(4)14(13)16(26)19-12-8-17-22(3)10(12)2/h6-9H,5H2,1-4H3,(H,19,26)(H,20,25). The molecule has 0 aliphatic rings. The van der Waals surface area contributed by atoms with Gasteiger partial charge in [-0.15, -0.1) is 0 Å². The Balaban J connectivity index is 1.81. The van der Waals surface area contributed by atoms with Crippen LogP contribution in [-0.2, 0) is 20.6 Å². The van der Waals surface area contributed by atoms with Gasteiger partial charge in [0.2, 0.25) is 0 Å². The van der Waals surface area contributed by atoms with Crippen LogP contribution in [0, 0.1) is 6.92 Å². The maximum Gasteiger partial charge on any atom is 0.276 e. The van der Waals surface area contributed by atoms with Crippen LogP contribution in [0.2, 0.25) is 0 Å². The Labute approximate surface area is 149 Å². The lowest BCUT2D eigenvalue weighted by atomic mass is 10.3. The summed E-state index contributed by atoms with van der Waals surface area (Å²) in [4.78, 5) is 25.0. The lowest BCUT2D eigenvalue weighted by Gasteiger charge is -2.08. The highest BCUT2D eigenvalue weighted by molar-refractivity contribution is 6.11. The van der Waals surface area contributed by atoms with Crippen molar-refractivity contribution >= 4 is 23.2 Å². The largest absolute Gasteiger partial charge is 0.318 e. The normalized spacial score (nSPS) is 10.8. The van der Waals surface area contributed by atoms with E-state index in [0.29, 0.717) is 17.9 Å². The highest BCUT2D eigenvalue weighted by Gasteiger charge is 2.21. The first kappa shape index (κ1) is 17.4. The number of rotatable bonds is 5. The van der Waals surface area contributed by atoms with Gasteiger partial charge in [-0.05, 0) is 19.9 Å². The van der Waals surface area contributed by atoms with E-state index >= 15 is 0 Å². The molecule has 136 valence electrons. The maximum absolute atomic E-state index is 12.7. The summed E-state index contributed by atoms with van der Waals surface area (Å²) in [5, 5.41) is 17.8. The van der Waals surface area contributed by atoms with Crippen molar-refractivity contribution in [2.24, 2.45) is 14.1 Å². The molecule has 0 unspecified atom stereocenters. The summed E-state index contributed by atoms with van der Waals surface area (Å²) in [6.45, 7) is 4.44. The minimum Gasteiger partial charge on any atom is -0.318 e. The highest BCUT2D eigenvalue weighted by atomic mass is 16.2. The third-order valence-corrected chi connectivity index (χ3v) is 4.08. The molecule has 2 N–H and O–H groups in total. The molecule has 10 heteroatoms. The number of amides is 2. The van der Waals surface area contributed by atoms with Crippen molar-refractivity contribution < 1.29 is 9.59 Å². The van der Waals surface area contributed by atoms with E-state index in [9.17, 15) is 9.59 Å². The predicted octanol–water partition coefficient (Wildman–Crippen LogP) is 1.18. The summed E-state index contributed by atoms with van der Waals surface area (Å²) in [5.74, 6) is -0.799. The topological polar surface area (TPSA) is 112 Å². The van der Waals surface area contributed by atoms with Crippen molar-refractivity contribution in [2.75, 3.05) is 10.6 Å². The molecule has 3 aromatic heterocycles. The molecule has 0 aliphatic heterocycles. The summed E-state index contributed by atoms with van der Waals surface area (Å²) in [5.41, 5.74) is 2.22. The minimum atomic E-state index is -0.406. The molecular weight excluding hydrogens is 336 g/mol. The number of carbonyl (C=O) groups is 2. The SMILES string of the molecule is CCn1ccc(C(=O)Nc2cnn(C)c2C(=O)Nc2cnn(C)c2C)n1. The fourth-order valence-electron chi connectivity index (χ4n) is 2.45. The average Bonchev–Trinajstić information content (AvgIpc) is 3.31. The van der Waals surface area contributed by atoms with E-state index in [-0.39, 0.29) is 11.4 Å². The molecular formula is C16H20N8O2. The van der Waals surface area contributed by atoms with Crippen molar-refractivity contribution in [1.29, 1.82) is 0 Å². The molecule has 3 rings (SSSR count). The van der Waals surface area contributed by atoms with Gasteiger partial charge in [-0.1, -0.05) is 0 Å². The van der Waals surface area contributed by atoms with Crippen molar-refractivity contribution in [1.82, 2.24) is 29.3 Å². The quantitative estimate of drug-likeness (QED) is 0.713. The van der Waals surface area contributed by atoms with Crippen LogP contribution in [0.1, 0.15) is 33.6 Å². The van der Waals surface area contributed by atoms with Crippen LogP contribution >= 0.6 is 0 Å². The van der Waals surface area contributed by atoms with Crippen LogP contribution in [0.3, 0.4) is 0 Å². The number of aromatic nitrogens is 6. The molecule has 0 aromatic carbocycles. The summed E-state index contributed by atoms with van der Waals surface area (Å²) in [7, 11) is 3.42. The van der Waals surface area contributed by atoms with E-state index in [4.69, 9.17) is 0 Å². The van der Waals surface area contributed by atoms with Gasteiger partial charge in [-0.25, -0.2) is 0 Å². The van der Waals surface area contributed by atoms with Gasteiger partial charge >= 0.3 is 0 Å². The molecule has 0 bridgehead atoms. The zero-order valence-electron chi connectivity index (χ0n) is 15.0. The van der Waals surface area contributed by atoms with Gasteiger partial charge in [0, 0.05) is 26.8 Å². The van der Waals surface area contributed by atoms with Gasteiger partial charge in [0.05, 0.1) is 29.5 Å². The van der Waals surface area contributed by atoms with E-state index < -0.39 is 11.8 Å². The van der Waals surface area contributed by atoms with E-state index in [1.54, 1.807) is 41.9 Å². The molecule has 0 saturated heterocycles. The van der Waals surface area contributed by atoms with Crippen LogP contribution in [0.4, 0.5) is 11.4 Å². The van der Waals surface area contributed by atoms with E-state index in [0.717, 1.165) is 5.69 Å². The van der Waals surface area contributed by atoms with Crippen LogP contribution < -0.4 is 10.6 Å². The van der Waals surface area contributed by atoms with Crippen LogP contribution in [0.15, 0.2) is 24.7 Å². The molecule has 0 saturated carbocycles. The first-order valence-electron chi connectivity index (χ1n) is 8.07. The Morgan fingerprint density at radius 3 is 2.31 bits per heavy atom. The van der Waals surface area contributed by atoms with Crippen molar-refractivity contribution in [2.45, 2.75) is 20.4 Å². The predicted molar refractivity (Wildman–Crippen MR) is 95.0 cm³/mol. The van der Waals surface area contributed by atoms with Crippen molar-refractivity contribution in [3.05, 3.63) is 41.7 Å². The zero-order chi connectivity index (χ0) is 18.8. The van der Waals surface area contributed by atoms with Crippen LogP contribution in [0.25, 0.3) is 0 Å². The first-order valence-corrected chi connectivity index (χ1v) is 8.07. The Morgan fingerprint density at radius 1 is 1.04 bits per heavy atom. The summed E-state index contributed by atoms with van der Waals surface area (Å²) in [6, 6.07) is 1.62. The van der Waals surface area contributed by atoms with Crippen LogP contribution in [0.5, 0.6) is 0 Å². The van der Waals surface area contributed by atoms with Crippen molar-refractivity contribution in [3.63, 3.8) is 0 Å². The molecule has 0 aliphatic carbocycles. The average molecular weight is 356 g/mol. The zero-order valence-corrected chi connectivity index (χ0v) is 15.0. The Kier molecular flexibility index (Phi) is 4.57. The number of hydrogen-bond acceptors (Lipinski definition) is 5. The number of nitrogens with zero attached hydrogens (tertiary/aromatic N) is 6. The van der Waals surface area contributed by atoms with E-state index in [1.165, 1.54) is 10.9 Å². The van der Waals surface area contributed by atoms with Crippen LogP contribution in [-0.4, -0.2) is 41.2 Å². The fourth-order valence-corrected chi connectivity index (χ4v) is 2.45. The molecule has 0 fully saturated rings. The number of anilines is 2. The second-order valence-electron chi connectivity index (χ2n) is 5.76. The van der Waals surface area contributed by atoms with E-state index in [1.807, 2.05) is 13.8 Å². The number of carbonyl (C=O) groups excluding carboxylic acids is 2. The molecule has 10 nitrogen and oxygen atoms in total. The number of nitrogens with one attached hydrogen (secondary N) is 2. The number of aryl methyl sites for hydroxylation is 3. The van der Waals surface area contributed by atoms with Gasteiger partial charge in [0.1, 0.15) is 5.69 Å². The molecule has 2 amide bonds. The first-order chi connectivity index (χ1) is 12.4. The smallest absolute Gasteiger partial charge is 0.276 e. The molecule has 0 radical (unpaired) electrons. The fraction of sp³-hybridized carbons (Fsp3) is 0.312. The molecule has 26 heavy (non-hydrogen) atoms. The van der Waals surface area contributed by atoms with Gasteiger partial charge in [-0.3, -0.25) is 23.6 Å². The highest BCUT2D eigenvalue weighted by Crippen LogP contribution is 2.19. The van der Waals surface area contributed by atoms with Crippen molar-refractivity contribution in [3.8, 4) is 0 Å².